The van der Waals surface area contributed by atoms with Crippen LogP contribution in [0.3, 0.4) is 0 Å². The minimum absolute atomic E-state index is 0.273. The summed E-state index contributed by atoms with van der Waals surface area (Å²) in [5.74, 6) is -1.16. The molecule has 0 unspecified atom stereocenters. The highest BCUT2D eigenvalue weighted by atomic mass is 19.1. The summed E-state index contributed by atoms with van der Waals surface area (Å²) in [6.45, 7) is 4.08. The van der Waals surface area contributed by atoms with Gasteiger partial charge in [-0.2, -0.15) is 5.10 Å². The van der Waals surface area contributed by atoms with Crippen molar-refractivity contribution in [2.24, 2.45) is 0 Å². The lowest BCUT2D eigenvalue weighted by atomic mass is 10.1. The molecule has 9 nitrogen and oxygen atoms in total. The number of imidazole rings is 1. The third-order valence-corrected chi connectivity index (χ3v) is 4.05. The van der Waals surface area contributed by atoms with Crippen molar-refractivity contribution in [3.05, 3.63) is 54.9 Å². The van der Waals surface area contributed by atoms with Crippen LogP contribution in [0.4, 0.5) is 4.39 Å². The topological polar surface area (TPSA) is 122 Å². The molecule has 160 valence electrons. The average Bonchev–Trinajstić information content (AvgIpc) is 3.41. The lowest BCUT2D eigenvalue weighted by Crippen LogP contribution is -2.14. The van der Waals surface area contributed by atoms with Gasteiger partial charge in [0.15, 0.2) is 0 Å². The molecule has 4 rings (SSSR count). The van der Waals surface area contributed by atoms with Gasteiger partial charge in [-0.1, -0.05) is 0 Å². The van der Waals surface area contributed by atoms with Gasteiger partial charge in [-0.15, -0.1) is 0 Å². The van der Waals surface area contributed by atoms with E-state index in [2.05, 4.69) is 20.0 Å². The van der Waals surface area contributed by atoms with Crippen molar-refractivity contribution in [3.63, 3.8) is 0 Å². The van der Waals surface area contributed by atoms with Crippen molar-refractivity contribution in [2.45, 2.75) is 26.3 Å². The molecule has 1 aromatic carbocycles. The van der Waals surface area contributed by atoms with Crippen LogP contribution in [0, 0.1) is 5.82 Å². The van der Waals surface area contributed by atoms with Crippen LogP contribution >= 0.6 is 0 Å². The minimum Gasteiger partial charge on any atom is -0.481 e. The fraction of sp³-hybridized carbons (Fsp3) is 0.300. The number of carboxylic acids is 2. The Morgan fingerprint density at radius 1 is 1.17 bits per heavy atom. The van der Waals surface area contributed by atoms with E-state index in [-0.39, 0.29) is 5.82 Å². The van der Waals surface area contributed by atoms with Gasteiger partial charge < -0.3 is 20.1 Å². The summed E-state index contributed by atoms with van der Waals surface area (Å²) in [7, 11) is 0. The van der Waals surface area contributed by atoms with E-state index in [4.69, 9.17) is 19.8 Å². The van der Waals surface area contributed by atoms with Crippen LogP contribution in [0.15, 0.2) is 49.1 Å². The zero-order valence-electron chi connectivity index (χ0n) is 16.7. The van der Waals surface area contributed by atoms with E-state index in [9.17, 15) is 4.39 Å². The van der Waals surface area contributed by atoms with Gasteiger partial charge >= 0.3 is 0 Å². The van der Waals surface area contributed by atoms with E-state index < -0.39 is 11.9 Å². The van der Waals surface area contributed by atoms with Gasteiger partial charge in [-0.25, -0.2) is 14.1 Å². The van der Waals surface area contributed by atoms with Crippen molar-refractivity contribution >= 4 is 11.9 Å². The summed E-state index contributed by atoms with van der Waals surface area (Å²) in [5, 5.41) is 22.4. The first-order chi connectivity index (χ1) is 14.3. The molecule has 0 spiro atoms. The van der Waals surface area contributed by atoms with Crippen molar-refractivity contribution in [2.75, 3.05) is 13.1 Å². The molecular formula is C20H24FN5O4. The molecule has 3 aromatic rings. The maximum atomic E-state index is 13.8. The molecule has 1 atom stereocenters. The minimum atomic E-state index is -0.833. The van der Waals surface area contributed by atoms with Gasteiger partial charge in [0, 0.05) is 56.8 Å². The SMILES string of the molecule is CC(=O)O.CC(=O)O.Fc1ccc(-n2cccn2)c(-c2nccn2[C@@H]2CCNC2)c1. The van der Waals surface area contributed by atoms with Crippen LogP contribution in [0.5, 0.6) is 0 Å². The smallest absolute Gasteiger partial charge is 0.300 e. The highest BCUT2D eigenvalue weighted by Gasteiger charge is 2.21. The van der Waals surface area contributed by atoms with Gasteiger partial charge in [-0.3, -0.25) is 9.59 Å². The molecule has 30 heavy (non-hydrogen) atoms. The van der Waals surface area contributed by atoms with Crippen LogP contribution in [-0.4, -0.2) is 54.6 Å². The number of carboxylic acid groups (broad SMARTS) is 2. The standard InChI is InChI=1S/C16H16FN5.2C2H4O2/c17-12-2-3-15(22-8-1-5-20-22)14(10-12)16-19-7-9-21(16)13-4-6-18-11-13;2*1-2(3)4/h1-3,5,7-10,13,18H,4,6,11H2;2*1H3,(H,3,4)/t13-;;/m1../s1. The first-order valence-corrected chi connectivity index (χ1v) is 9.22. The fourth-order valence-corrected chi connectivity index (χ4v) is 2.99. The molecule has 3 N–H and O–H groups in total. The van der Waals surface area contributed by atoms with E-state index in [1.165, 1.54) is 12.1 Å². The van der Waals surface area contributed by atoms with Crippen molar-refractivity contribution in [1.29, 1.82) is 0 Å². The van der Waals surface area contributed by atoms with E-state index in [1.807, 2.05) is 18.5 Å². The number of carbonyl (C=O) groups is 2. The lowest BCUT2D eigenvalue weighted by molar-refractivity contribution is -0.135. The van der Waals surface area contributed by atoms with Crippen LogP contribution < -0.4 is 5.32 Å². The Balaban J connectivity index is 0.000000347. The van der Waals surface area contributed by atoms with Crippen molar-refractivity contribution in [1.82, 2.24) is 24.6 Å². The summed E-state index contributed by atoms with van der Waals surface area (Å²) < 4.78 is 17.7. The Morgan fingerprint density at radius 3 is 2.43 bits per heavy atom. The summed E-state index contributed by atoms with van der Waals surface area (Å²) in [6, 6.07) is 6.92. The number of nitrogens with zero attached hydrogens (tertiary/aromatic N) is 4. The summed E-state index contributed by atoms with van der Waals surface area (Å²) >= 11 is 0. The van der Waals surface area contributed by atoms with Crippen LogP contribution in [0.2, 0.25) is 0 Å². The average molecular weight is 417 g/mol. The van der Waals surface area contributed by atoms with Gasteiger partial charge in [0.1, 0.15) is 11.6 Å². The summed E-state index contributed by atoms with van der Waals surface area (Å²) in [5.41, 5.74) is 1.57. The van der Waals surface area contributed by atoms with E-state index in [0.717, 1.165) is 50.4 Å². The number of aromatic nitrogens is 4. The van der Waals surface area contributed by atoms with Crippen molar-refractivity contribution < 1.29 is 24.2 Å². The molecule has 0 saturated carbocycles. The zero-order valence-corrected chi connectivity index (χ0v) is 16.7. The molecule has 0 radical (unpaired) electrons. The van der Waals surface area contributed by atoms with Crippen molar-refractivity contribution in [3.8, 4) is 17.1 Å². The molecule has 0 bridgehead atoms. The molecule has 0 amide bonds. The van der Waals surface area contributed by atoms with Crippen LogP contribution in [0.1, 0.15) is 26.3 Å². The second-order valence-corrected chi connectivity index (χ2v) is 6.45. The summed E-state index contributed by atoms with van der Waals surface area (Å²) in [4.78, 5) is 22.5. The Kier molecular flexibility index (Phi) is 8.24. The Morgan fingerprint density at radius 2 is 1.87 bits per heavy atom. The maximum Gasteiger partial charge on any atom is 0.300 e. The van der Waals surface area contributed by atoms with E-state index in [1.54, 1.807) is 23.1 Å². The number of hydrogen-bond acceptors (Lipinski definition) is 5. The number of benzene rings is 1. The Labute approximate surface area is 172 Å². The predicted molar refractivity (Wildman–Crippen MR) is 108 cm³/mol. The van der Waals surface area contributed by atoms with Gasteiger partial charge in [0.2, 0.25) is 0 Å². The van der Waals surface area contributed by atoms with Crippen LogP contribution in [0.25, 0.3) is 17.1 Å². The lowest BCUT2D eigenvalue weighted by Gasteiger charge is -2.16. The number of aliphatic carboxylic acids is 2. The largest absolute Gasteiger partial charge is 0.481 e. The predicted octanol–water partition coefficient (Wildman–Crippen LogP) is 2.59. The third-order valence-electron chi connectivity index (χ3n) is 4.05. The number of nitrogens with one attached hydrogen (secondary N) is 1. The van der Waals surface area contributed by atoms with Gasteiger partial charge in [0.05, 0.1) is 5.69 Å². The fourth-order valence-electron chi connectivity index (χ4n) is 2.99. The zero-order chi connectivity index (χ0) is 22.1. The number of halogens is 1. The highest BCUT2D eigenvalue weighted by molar-refractivity contribution is 5.68. The maximum absolute atomic E-state index is 13.8. The second kappa shape index (κ2) is 10.9. The van der Waals surface area contributed by atoms with E-state index >= 15 is 0 Å². The monoisotopic (exact) mass is 417 g/mol. The number of rotatable bonds is 3. The third kappa shape index (κ3) is 6.52. The van der Waals surface area contributed by atoms with Gasteiger partial charge in [0.25, 0.3) is 11.9 Å². The molecule has 1 aliphatic heterocycles. The molecule has 1 saturated heterocycles. The summed E-state index contributed by atoms with van der Waals surface area (Å²) in [6.07, 6.45) is 8.34. The normalized spacial score (nSPS) is 14.8. The molecule has 10 heteroatoms. The molecule has 0 aliphatic carbocycles. The highest BCUT2D eigenvalue weighted by Crippen LogP contribution is 2.29. The first kappa shape index (κ1) is 22.8. The quantitative estimate of drug-likeness (QED) is 0.599. The number of hydrogen-bond donors (Lipinski definition) is 3. The van der Waals surface area contributed by atoms with Gasteiger partial charge in [-0.05, 0) is 37.2 Å². The molecular weight excluding hydrogens is 393 g/mol. The molecule has 1 aliphatic rings. The second-order valence-electron chi connectivity index (χ2n) is 6.45. The van der Waals surface area contributed by atoms with E-state index in [0.29, 0.717) is 6.04 Å². The molecule has 2 aromatic heterocycles. The molecule has 1 fully saturated rings. The molecule has 3 heterocycles. The van der Waals surface area contributed by atoms with Crippen LogP contribution in [-0.2, 0) is 9.59 Å². The first-order valence-electron chi connectivity index (χ1n) is 9.22. The Bertz CT molecular complexity index is 945. The Hall–Kier alpha value is -3.53.